The lowest BCUT2D eigenvalue weighted by Gasteiger charge is -2.10. The van der Waals surface area contributed by atoms with Crippen LogP contribution < -0.4 is 5.32 Å². The maximum atomic E-state index is 13.1. The molecule has 0 saturated carbocycles. The summed E-state index contributed by atoms with van der Waals surface area (Å²) >= 11 is 0. The number of benzene rings is 1. The van der Waals surface area contributed by atoms with E-state index >= 15 is 0 Å². The minimum absolute atomic E-state index is 0.131. The van der Waals surface area contributed by atoms with E-state index in [9.17, 15) is 4.79 Å². The Hall–Kier alpha value is -3.48. The number of aromatic nitrogens is 5. The van der Waals surface area contributed by atoms with E-state index in [-0.39, 0.29) is 5.91 Å². The van der Waals surface area contributed by atoms with Gasteiger partial charge in [0.05, 0.1) is 28.7 Å². The molecule has 0 radical (unpaired) electrons. The highest BCUT2D eigenvalue weighted by Gasteiger charge is 2.17. The number of amides is 1. The molecule has 0 aliphatic carbocycles. The van der Waals surface area contributed by atoms with E-state index in [0.717, 1.165) is 45.7 Å². The van der Waals surface area contributed by atoms with Gasteiger partial charge in [-0.25, -0.2) is 4.98 Å². The van der Waals surface area contributed by atoms with Crippen LogP contribution in [0.15, 0.2) is 42.7 Å². The number of fused-ring (bicyclic) bond motifs is 1. The second kappa shape index (κ2) is 7.50. The van der Waals surface area contributed by atoms with Crippen LogP contribution in [0, 0.1) is 13.8 Å². The Kier molecular flexibility index (Phi) is 4.88. The molecular weight excluding hydrogens is 364 g/mol. The van der Waals surface area contributed by atoms with Gasteiger partial charge in [-0.05, 0) is 32.9 Å². The Bertz CT molecular complexity index is 1200. The van der Waals surface area contributed by atoms with Crippen LogP contribution in [-0.4, -0.2) is 30.5 Å². The molecule has 0 unspecified atom stereocenters. The summed E-state index contributed by atoms with van der Waals surface area (Å²) in [5, 5.41) is 12.6. The summed E-state index contributed by atoms with van der Waals surface area (Å²) < 4.78 is 3.68. The lowest BCUT2D eigenvalue weighted by Crippen LogP contribution is -2.23. The van der Waals surface area contributed by atoms with Crippen molar-refractivity contribution in [2.45, 2.75) is 33.9 Å². The number of pyridine rings is 1. The van der Waals surface area contributed by atoms with Crippen molar-refractivity contribution in [2.75, 3.05) is 0 Å². The highest BCUT2D eigenvalue weighted by Crippen LogP contribution is 2.27. The molecule has 3 heterocycles. The van der Waals surface area contributed by atoms with Gasteiger partial charge >= 0.3 is 0 Å². The first kappa shape index (κ1) is 18.9. The van der Waals surface area contributed by atoms with Gasteiger partial charge in [-0.2, -0.15) is 10.2 Å². The van der Waals surface area contributed by atoms with E-state index in [2.05, 4.69) is 22.4 Å². The summed E-state index contributed by atoms with van der Waals surface area (Å²) in [5.74, 6) is -0.131. The van der Waals surface area contributed by atoms with Gasteiger partial charge < -0.3 is 5.32 Å². The molecule has 0 fully saturated rings. The number of para-hydroxylation sites is 1. The van der Waals surface area contributed by atoms with E-state index < -0.39 is 0 Å². The molecule has 0 saturated heterocycles. The number of nitrogens with zero attached hydrogens (tertiary/aromatic N) is 5. The van der Waals surface area contributed by atoms with Gasteiger partial charge in [-0.3, -0.25) is 14.2 Å². The molecule has 148 valence electrons. The molecule has 3 aromatic heterocycles. The number of aryl methyl sites for hydroxylation is 3. The largest absolute Gasteiger partial charge is 0.348 e. The fraction of sp³-hybridized carbons (Fsp3) is 0.273. The van der Waals surface area contributed by atoms with Crippen LogP contribution in [0.2, 0.25) is 0 Å². The zero-order valence-electron chi connectivity index (χ0n) is 17.1. The van der Waals surface area contributed by atoms with Gasteiger partial charge in [-0.15, -0.1) is 0 Å². The number of hydrogen-bond acceptors (Lipinski definition) is 4. The van der Waals surface area contributed by atoms with Crippen molar-refractivity contribution in [1.29, 1.82) is 0 Å². The second-order valence-electron chi connectivity index (χ2n) is 7.13. The van der Waals surface area contributed by atoms with E-state index in [1.54, 1.807) is 4.68 Å². The van der Waals surface area contributed by atoms with E-state index in [1.165, 1.54) is 0 Å². The van der Waals surface area contributed by atoms with Gasteiger partial charge in [0, 0.05) is 48.5 Å². The van der Waals surface area contributed by atoms with Gasteiger partial charge in [-0.1, -0.05) is 18.2 Å². The maximum absolute atomic E-state index is 13.1. The Morgan fingerprint density at radius 3 is 2.69 bits per heavy atom. The van der Waals surface area contributed by atoms with Crippen molar-refractivity contribution in [2.24, 2.45) is 7.05 Å². The number of rotatable bonds is 5. The Morgan fingerprint density at radius 1 is 1.21 bits per heavy atom. The quantitative estimate of drug-likeness (QED) is 0.568. The number of hydrogen-bond donors (Lipinski definition) is 1. The number of carbonyl (C=O) groups is 1. The average Bonchev–Trinajstić information content (AvgIpc) is 3.25. The van der Waals surface area contributed by atoms with E-state index in [1.807, 2.05) is 68.3 Å². The standard InChI is InChI=1S/C22H24N6O/c1-5-28-15(3)19(12-24-28)21-10-18(17-8-6-7-9-20(17)25-21)22(29)23-11-16-13-27(4)26-14(16)2/h6-10,12-13H,5,11H2,1-4H3,(H,23,29). The molecule has 29 heavy (non-hydrogen) atoms. The minimum Gasteiger partial charge on any atom is -0.348 e. The zero-order chi connectivity index (χ0) is 20.5. The first-order valence-corrected chi connectivity index (χ1v) is 9.67. The van der Waals surface area contributed by atoms with Crippen LogP contribution >= 0.6 is 0 Å². The fourth-order valence-electron chi connectivity index (χ4n) is 3.61. The molecule has 0 aliphatic heterocycles. The third-order valence-electron chi connectivity index (χ3n) is 5.19. The van der Waals surface area contributed by atoms with Crippen molar-refractivity contribution < 1.29 is 4.79 Å². The topological polar surface area (TPSA) is 77.6 Å². The van der Waals surface area contributed by atoms with E-state index in [0.29, 0.717) is 12.1 Å². The molecule has 7 heteroatoms. The highest BCUT2D eigenvalue weighted by molar-refractivity contribution is 6.07. The zero-order valence-corrected chi connectivity index (χ0v) is 17.1. The van der Waals surface area contributed by atoms with Gasteiger partial charge in [0.2, 0.25) is 0 Å². The van der Waals surface area contributed by atoms with Crippen molar-refractivity contribution in [3.05, 3.63) is 65.2 Å². The molecule has 4 rings (SSSR count). The smallest absolute Gasteiger partial charge is 0.252 e. The summed E-state index contributed by atoms with van der Waals surface area (Å²) in [6.45, 7) is 7.23. The monoisotopic (exact) mass is 388 g/mol. The molecule has 4 aromatic rings. The third kappa shape index (κ3) is 3.51. The van der Waals surface area contributed by atoms with Crippen molar-refractivity contribution in [3.8, 4) is 11.3 Å². The Balaban J connectivity index is 1.73. The normalized spacial score (nSPS) is 11.2. The molecular formula is C22H24N6O. The van der Waals surface area contributed by atoms with Crippen LogP contribution in [0.25, 0.3) is 22.2 Å². The Labute approximate surface area is 169 Å². The van der Waals surface area contributed by atoms with Crippen LogP contribution in [0.4, 0.5) is 0 Å². The number of carbonyl (C=O) groups excluding carboxylic acids is 1. The van der Waals surface area contributed by atoms with Gasteiger partial charge in [0.15, 0.2) is 0 Å². The first-order valence-electron chi connectivity index (χ1n) is 9.67. The van der Waals surface area contributed by atoms with Gasteiger partial charge in [0.25, 0.3) is 5.91 Å². The molecule has 1 aromatic carbocycles. The lowest BCUT2D eigenvalue weighted by molar-refractivity contribution is 0.0952. The molecule has 1 N–H and O–H groups in total. The van der Waals surface area contributed by atoms with Crippen LogP contribution in [-0.2, 0) is 20.1 Å². The molecule has 1 amide bonds. The summed E-state index contributed by atoms with van der Waals surface area (Å²) in [7, 11) is 1.87. The molecule has 0 aliphatic rings. The first-order chi connectivity index (χ1) is 14.0. The van der Waals surface area contributed by atoms with Crippen LogP contribution in [0.3, 0.4) is 0 Å². The van der Waals surface area contributed by atoms with Crippen LogP contribution in [0.1, 0.15) is 34.2 Å². The summed E-state index contributed by atoms with van der Waals surface area (Å²) in [5.41, 5.74) is 6.04. The van der Waals surface area contributed by atoms with E-state index in [4.69, 9.17) is 4.98 Å². The van der Waals surface area contributed by atoms with Crippen LogP contribution in [0.5, 0.6) is 0 Å². The summed E-state index contributed by atoms with van der Waals surface area (Å²) in [4.78, 5) is 17.9. The average molecular weight is 388 g/mol. The molecule has 0 bridgehead atoms. The highest BCUT2D eigenvalue weighted by atomic mass is 16.1. The molecule has 0 spiro atoms. The predicted octanol–water partition coefficient (Wildman–Crippen LogP) is 3.40. The van der Waals surface area contributed by atoms with Crippen molar-refractivity contribution >= 4 is 16.8 Å². The SMILES string of the molecule is CCn1ncc(-c2cc(C(=O)NCc3cn(C)nc3C)c3ccccc3n2)c1C. The Morgan fingerprint density at radius 2 is 2.00 bits per heavy atom. The van der Waals surface area contributed by atoms with Crippen molar-refractivity contribution in [1.82, 2.24) is 29.9 Å². The van der Waals surface area contributed by atoms with Gasteiger partial charge in [0.1, 0.15) is 0 Å². The van der Waals surface area contributed by atoms with Crippen molar-refractivity contribution in [3.63, 3.8) is 0 Å². The predicted molar refractivity (Wildman–Crippen MR) is 112 cm³/mol. The lowest BCUT2D eigenvalue weighted by atomic mass is 10.0. The molecule has 7 nitrogen and oxygen atoms in total. The second-order valence-corrected chi connectivity index (χ2v) is 7.13. The third-order valence-corrected chi connectivity index (χ3v) is 5.19. The number of nitrogens with one attached hydrogen (secondary N) is 1. The summed E-state index contributed by atoms with van der Waals surface area (Å²) in [6, 6.07) is 9.57. The maximum Gasteiger partial charge on any atom is 0.252 e. The minimum atomic E-state index is -0.131. The summed E-state index contributed by atoms with van der Waals surface area (Å²) in [6.07, 6.45) is 3.74. The fourth-order valence-corrected chi connectivity index (χ4v) is 3.61. The molecule has 0 atom stereocenters.